The topological polar surface area (TPSA) is 66.9 Å². The lowest BCUT2D eigenvalue weighted by atomic mass is 10.1. The number of sulfonamides is 1. The first-order chi connectivity index (χ1) is 12.6. The fourth-order valence-corrected chi connectivity index (χ4v) is 3.63. The highest BCUT2D eigenvalue weighted by atomic mass is 32.2. The Morgan fingerprint density at radius 1 is 1.07 bits per heavy atom. The van der Waals surface area contributed by atoms with Gasteiger partial charge in [-0.2, -0.15) is 0 Å². The highest BCUT2D eigenvalue weighted by Crippen LogP contribution is 2.28. The molecule has 0 bridgehead atoms. The van der Waals surface area contributed by atoms with Gasteiger partial charge in [0.25, 0.3) is 5.91 Å². The average Bonchev–Trinajstić information content (AvgIpc) is 2.66. The number of carbonyl (C=O) groups is 1. The second-order valence-electron chi connectivity index (χ2n) is 6.30. The van der Waals surface area contributed by atoms with Gasteiger partial charge in [0.1, 0.15) is 16.5 Å². The summed E-state index contributed by atoms with van der Waals surface area (Å²) in [5.74, 6) is -0.548. The summed E-state index contributed by atoms with van der Waals surface area (Å²) in [5, 5.41) is 0. The summed E-state index contributed by atoms with van der Waals surface area (Å²) < 4.78 is 44.4. The molecule has 0 fully saturated rings. The van der Waals surface area contributed by atoms with E-state index in [0.29, 0.717) is 0 Å². The minimum absolute atomic E-state index is 0.0799. The van der Waals surface area contributed by atoms with E-state index in [9.17, 15) is 17.6 Å². The Balaban J connectivity index is 2.39. The minimum atomic E-state index is -3.78. The van der Waals surface area contributed by atoms with E-state index in [1.807, 2.05) is 6.92 Å². The average molecular weight is 394 g/mol. The van der Waals surface area contributed by atoms with Crippen LogP contribution in [0.5, 0.6) is 5.75 Å². The molecule has 1 amide bonds. The van der Waals surface area contributed by atoms with Crippen molar-refractivity contribution in [3.05, 3.63) is 59.4 Å². The molecule has 0 heterocycles. The molecule has 27 heavy (non-hydrogen) atoms. The van der Waals surface area contributed by atoms with Crippen LogP contribution in [0.15, 0.2) is 47.4 Å². The van der Waals surface area contributed by atoms with Crippen molar-refractivity contribution in [3.8, 4) is 5.75 Å². The molecule has 8 heteroatoms. The van der Waals surface area contributed by atoms with Gasteiger partial charge < -0.3 is 9.64 Å². The molecule has 0 N–H and O–H groups in total. The maximum atomic E-state index is 13.1. The van der Waals surface area contributed by atoms with Crippen molar-refractivity contribution in [1.82, 2.24) is 9.21 Å². The highest BCUT2D eigenvalue weighted by Gasteiger charge is 2.26. The van der Waals surface area contributed by atoms with Gasteiger partial charge in [-0.15, -0.1) is 0 Å². The van der Waals surface area contributed by atoms with E-state index in [4.69, 9.17) is 4.74 Å². The maximum Gasteiger partial charge on any atom is 0.254 e. The van der Waals surface area contributed by atoms with Crippen molar-refractivity contribution in [2.75, 3.05) is 28.3 Å². The number of benzene rings is 2. The summed E-state index contributed by atoms with van der Waals surface area (Å²) in [6.45, 7) is 1.81. The molecule has 0 aliphatic heterocycles. The Bertz CT molecular complexity index is 927. The predicted molar refractivity (Wildman–Crippen MR) is 101 cm³/mol. The van der Waals surface area contributed by atoms with Crippen LogP contribution in [0.25, 0.3) is 0 Å². The number of ether oxygens (including phenoxy) is 1. The molecule has 2 rings (SSSR count). The Kier molecular flexibility index (Phi) is 6.22. The summed E-state index contributed by atoms with van der Waals surface area (Å²) in [4.78, 5) is 14.3. The van der Waals surface area contributed by atoms with Gasteiger partial charge in [0.05, 0.1) is 13.2 Å². The van der Waals surface area contributed by atoms with Crippen LogP contribution in [-0.2, 0) is 10.0 Å². The third-order valence-electron chi connectivity index (χ3n) is 4.42. The number of rotatable bonds is 6. The lowest BCUT2D eigenvalue weighted by Crippen LogP contribution is -2.30. The molecule has 146 valence electrons. The Labute approximate surface area is 159 Å². The fraction of sp³-hybridized carbons (Fsp3) is 0.316. The standard InChI is InChI=1S/C19H23FN2O4S/c1-13(14-6-9-16(20)10-7-14)22(4)19(23)15-8-11-17(26-5)18(12-15)27(24,25)21(2)3/h6-13H,1-5H3. The van der Waals surface area contributed by atoms with Crippen LogP contribution in [-0.4, -0.2) is 51.8 Å². The molecular formula is C19H23FN2O4S. The first-order valence-electron chi connectivity index (χ1n) is 8.22. The summed E-state index contributed by atoms with van der Waals surface area (Å²) >= 11 is 0. The molecule has 0 saturated heterocycles. The number of amides is 1. The van der Waals surface area contributed by atoms with Gasteiger partial charge in [0, 0.05) is 26.7 Å². The van der Waals surface area contributed by atoms with E-state index in [1.165, 1.54) is 56.4 Å². The second-order valence-corrected chi connectivity index (χ2v) is 8.42. The van der Waals surface area contributed by atoms with E-state index in [-0.39, 0.29) is 34.0 Å². The van der Waals surface area contributed by atoms with Crippen LogP contribution in [0.2, 0.25) is 0 Å². The second kappa shape index (κ2) is 8.06. The molecular weight excluding hydrogens is 371 g/mol. The molecule has 2 aromatic carbocycles. The molecule has 6 nitrogen and oxygen atoms in total. The van der Waals surface area contributed by atoms with Gasteiger partial charge in [-0.3, -0.25) is 4.79 Å². The predicted octanol–water partition coefficient (Wildman–Crippen LogP) is 2.92. The first kappa shape index (κ1) is 20.9. The zero-order valence-electron chi connectivity index (χ0n) is 15.9. The Morgan fingerprint density at radius 2 is 1.67 bits per heavy atom. The van der Waals surface area contributed by atoms with Gasteiger partial charge in [0.2, 0.25) is 10.0 Å². The Hall–Kier alpha value is -2.45. The van der Waals surface area contributed by atoms with Crippen LogP contribution in [0.3, 0.4) is 0 Å². The Morgan fingerprint density at radius 3 is 2.19 bits per heavy atom. The summed E-state index contributed by atoms with van der Waals surface area (Å²) in [6, 6.07) is 9.85. The summed E-state index contributed by atoms with van der Waals surface area (Å²) in [7, 11) is 2.02. The molecule has 0 saturated carbocycles. The lowest BCUT2D eigenvalue weighted by molar-refractivity contribution is 0.0742. The van der Waals surface area contributed by atoms with Gasteiger partial charge in [-0.25, -0.2) is 17.1 Å². The van der Waals surface area contributed by atoms with Crippen molar-refractivity contribution in [2.45, 2.75) is 17.9 Å². The maximum absolute atomic E-state index is 13.1. The largest absolute Gasteiger partial charge is 0.495 e. The van der Waals surface area contributed by atoms with Crippen molar-refractivity contribution in [3.63, 3.8) is 0 Å². The van der Waals surface area contributed by atoms with Crippen molar-refractivity contribution < 1.29 is 22.3 Å². The number of hydrogen-bond acceptors (Lipinski definition) is 4. The van der Waals surface area contributed by atoms with Crippen molar-refractivity contribution in [2.24, 2.45) is 0 Å². The molecule has 1 unspecified atom stereocenters. The van der Waals surface area contributed by atoms with Gasteiger partial charge >= 0.3 is 0 Å². The van der Waals surface area contributed by atoms with E-state index in [1.54, 1.807) is 19.2 Å². The van der Waals surface area contributed by atoms with Gasteiger partial charge in [-0.1, -0.05) is 12.1 Å². The molecule has 0 aliphatic carbocycles. The van der Waals surface area contributed by atoms with Crippen LogP contribution in [0.1, 0.15) is 28.9 Å². The monoisotopic (exact) mass is 394 g/mol. The third kappa shape index (κ3) is 4.28. The number of hydrogen-bond donors (Lipinski definition) is 0. The number of nitrogens with zero attached hydrogens (tertiary/aromatic N) is 2. The fourth-order valence-electron chi connectivity index (χ4n) is 2.55. The van der Waals surface area contributed by atoms with Gasteiger partial charge in [0.15, 0.2) is 0 Å². The number of carbonyl (C=O) groups excluding carboxylic acids is 1. The van der Waals surface area contributed by atoms with E-state index < -0.39 is 10.0 Å². The SMILES string of the molecule is COc1ccc(C(=O)N(C)C(C)c2ccc(F)cc2)cc1S(=O)(=O)N(C)C. The van der Waals surface area contributed by atoms with E-state index >= 15 is 0 Å². The molecule has 0 spiro atoms. The first-order valence-corrected chi connectivity index (χ1v) is 9.66. The van der Waals surface area contributed by atoms with Crippen LogP contribution in [0, 0.1) is 5.82 Å². The zero-order valence-corrected chi connectivity index (χ0v) is 16.7. The number of halogens is 1. The molecule has 0 aromatic heterocycles. The molecule has 0 radical (unpaired) electrons. The normalized spacial score (nSPS) is 12.7. The van der Waals surface area contributed by atoms with E-state index in [2.05, 4.69) is 0 Å². The lowest BCUT2D eigenvalue weighted by Gasteiger charge is -2.26. The summed E-state index contributed by atoms with van der Waals surface area (Å²) in [6.07, 6.45) is 0. The van der Waals surface area contributed by atoms with Gasteiger partial charge in [-0.05, 0) is 42.8 Å². The van der Waals surface area contributed by atoms with Crippen LogP contribution >= 0.6 is 0 Å². The van der Waals surface area contributed by atoms with Crippen molar-refractivity contribution >= 4 is 15.9 Å². The summed E-state index contributed by atoms with van der Waals surface area (Å²) in [5.41, 5.74) is 0.981. The van der Waals surface area contributed by atoms with Crippen LogP contribution < -0.4 is 4.74 Å². The highest BCUT2D eigenvalue weighted by molar-refractivity contribution is 7.89. The van der Waals surface area contributed by atoms with E-state index in [0.717, 1.165) is 9.87 Å². The molecule has 1 atom stereocenters. The minimum Gasteiger partial charge on any atom is -0.495 e. The smallest absolute Gasteiger partial charge is 0.254 e. The molecule has 2 aromatic rings. The third-order valence-corrected chi connectivity index (χ3v) is 6.26. The molecule has 0 aliphatic rings. The number of methoxy groups -OCH3 is 1. The zero-order chi connectivity index (χ0) is 20.4. The van der Waals surface area contributed by atoms with Crippen LogP contribution in [0.4, 0.5) is 4.39 Å². The quantitative estimate of drug-likeness (QED) is 0.756. The van der Waals surface area contributed by atoms with Crippen molar-refractivity contribution in [1.29, 1.82) is 0 Å².